The highest BCUT2D eigenvalue weighted by Gasteiger charge is 2.16. The highest BCUT2D eigenvalue weighted by atomic mass is 79.9. The van der Waals surface area contributed by atoms with Crippen LogP contribution in [0.2, 0.25) is 0 Å². The van der Waals surface area contributed by atoms with Gasteiger partial charge in [-0.15, -0.1) is 0 Å². The number of esters is 1. The lowest BCUT2D eigenvalue weighted by atomic mass is 10.2. The first-order valence-corrected chi connectivity index (χ1v) is 8.49. The number of hydrogen-bond acceptors (Lipinski definition) is 5. The zero-order chi connectivity index (χ0) is 18.7. The van der Waals surface area contributed by atoms with E-state index in [9.17, 15) is 14.4 Å². The van der Waals surface area contributed by atoms with E-state index in [4.69, 9.17) is 9.15 Å². The van der Waals surface area contributed by atoms with Crippen molar-refractivity contribution in [2.45, 2.75) is 6.92 Å². The molecule has 26 heavy (non-hydrogen) atoms. The van der Waals surface area contributed by atoms with Gasteiger partial charge in [0, 0.05) is 15.5 Å². The van der Waals surface area contributed by atoms with Crippen molar-refractivity contribution in [2.75, 3.05) is 11.9 Å². The van der Waals surface area contributed by atoms with Gasteiger partial charge >= 0.3 is 11.6 Å². The Morgan fingerprint density at radius 3 is 2.69 bits per heavy atom. The molecule has 7 heteroatoms. The number of para-hydroxylation sites is 1. The molecule has 0 bridgehead atoms. The summed E-state index contributed by atoms with van der Waals surface area (Å²) in [4.78, 5) is 35.9. The molecule has 0 spiro atoms. The summed E-state index contributed by atoms with van der Waals surface area (Å²) >= 11 is 3.37. The average Bonchev–Trinajstić information content (AvgIpc) is 2.62. The van der Waals surface area contributed by atoms with E-state index in [1.807, 2.05) is 6.92 Å². The van der Waals surface area contributed by atoms with Crippen molar-refractivity contribution in [1.82, 2.24) is 0 Å². The third-order valence-corrected chi connectivity index (χ3v) is 4.53. The quantitative estimate of drug-likeness (QED) is 0.518. The Balaban J connectivity index is 1.66. The predicted octanol–water partition coefficient (Wildman–Crippen LogP) is 3.66. The fraction of sp³-hybridized carbons (Fsp3) is 0.105. The van der Waals surface area contributed by atoms with Gasteiger partial charge in [0.25, 0.3) is 5.91 Å². The van der Waals surface area contributed by atoms with Crippen LogP contribution in [-0.4, -0.2) is 18.5 Å². The molecule has 0 aliphatic heterocycles. The lowest BCUT2D eigenvalue weighted by Gasteiger charge is -2.08. The minimum absolute atomic E-state index is 0.254. The fourth-order valence-electron chi connectivity index (χ4n) is 2.33. The van der Waals surface area contributed by atoms with Crippen LogP contribution in [0.4, 0.5) is 5.69 Å². The van der Waals surface area contributed by atoms with Crippen LogP contribution in [0, 0.1) is 6.92 Å². The van der Waals surface area contributed by atoms with Crippen LogP contribution < -0.4 is 10.9 Å². The molecule has 3 rings (SSSR count). The van der Waals surface area contributed by atoms with E-state index in [2.05, 4.69) is 21.2 Å². The molecule has 1 aromatic heterocycles. The number of hydrogen-bond donors (Lipinski definition) is 1. The zero-order valence-electron chi connectivity index (χ0n) is 13.7. The first-order chi connectivity index (χ1) is 12.4. The number of anilines is 1. The van der Waals surface area contributed by atoms with Crippen molar-refractivity contribution < 1.29 is 18.7 Å². The van der Waals surface area contributed by atoms with E-state index < -0.39 is 24.1 Å². The van der Waals surface area contributed by atoms with E-state index in [0.717, 1.165) is 10.0 Å². The summed E-state index contributed by atoms with van der Waals surface area (Å²) in [6, 6.07) is 13.5. The predicted molar refractivity (Wildman–Crippen MR) is 100 cm³/mol. The number of fused-ring (bicyclic) bond motifs is 1. The molecule has 1 amide bonds. The van der Waals surface area contributed by atoms with Gasteiger partial charge in [-0.2, -0.15) is 0 Å². The number of halogens is 1. The Morgan fingerprint density at radius 1 is 1.15 bits per heavy atom. The van der Waals surface area contributed by atoms with Crippen LogP contribution in [0.15, 0.2) is 62.2 Å². The van der Waals surface area contributed by atoms with Crippen LogP contribution in [0.25, 0.3) is 11.0 Å². The molecular weight excluding hydrogens is 402 g/mol. The van der Waals surface area contributed by atoms with Gasteiger partial charge in [0.05, 0.1) is 0 Å². The molecule has 0 radical (unpaired) electrons. The van der Waals surface area contributed by atoms with Gasteiger partial charge in [-0.3, -0.25) is 4.79 Å². The third-order valence-electron chi connectivity index (χ3n) is 3.64. The maximum atomic E-state index is 12.1. The van der Waals surface area contributed by atoms with Crippen molar-refractivity contribution in [2.24, 2.45) is 0 Å². The minimum atomic E-state index is -0.911. The Labute approximate surface area is 156 Å². The molecule has 132 valence electrons. The molecule has 0 aliphatic carbocycles. The normalized spacial score (nSPS) is 10.5. The second kappa shape index (κ2) is 7.53. The summed E-state index contributed by atoms with van der Waals surface area (Å²) in [5.41, 5.74) is 0.844. The second-order valence-corrected chi connectivity index (χ2v) is 6.43. The number of benzene rings is 2. The number of ether oxygens (including phenoxy) is 1. The number of rotatable bonds is 4. The molecular formula is C19H14BrNO5. The summed E-state index contributed by atoms with van der Waals surface area (Å²) < 4.78 is 10.9. The molecule has 0 saturated carbocycles. The van der Waals surface area contributed by atoms with E-state index in [1.165, 1.54) is 6.07 Å². The standard InChI is InChI=1S/C19H14BrNO5/c1-11-8-13(6-7-15(11)20)21-17(22)10-25-18(23)14-9-12-4-2-3-5-16(12)26-19(14)24/h2-9H,10H2,1H3,(H,21,22). The second-order valence-electron chi connectivity index (χ2n) is 5.57. The molecule has 3 aromatic rings. The summed E-state index contributed by atoms with van der Waals surface area (Å²) in [5, 5.41) is 3.21. The monoisotopic (exact) mass is 415 g/mol. The van der Waals surface area contributed by atoms with Crippen molar-refractivity contribution >= 4 is 44.5 Å². The first-order valence-electron chi connectivity index (χ1n) is 7.70. The van der Waals surface area contributed by atoms with Crippen molar-refractivity contribution in [3.63, 3.8) is 0 Å². The highest BCUT2D eigenvalue weighted by molar-refractivity contribution is 9.10. The summed E-state index contributed by atoms with van der Waals surface area (Å²) in [6.07, 6.45) is 0. The molecule has 0 unspecified atom stereocenters. The van der Waals surface area contributed by atoms with E-state index in [0.29, 0.717) is 16.7 Å². The Bertz CT molecular complexity index is 1060. The van der Waals surface area contributed by atoms with E-state index in [1.54, 1.807) is 42.5 Å². The van der Waals surface area contributed by atoms with Crippen LogP contribution in [0.1, 0.15) is 15.9 Å². The summed E-state index contributed by atoms with van der Waals surface area (Å²) in [7, 11) is 0. The molecule has 1 N–H and O–H groups in total. The number of carbonyl (C=O) groups is 2. The zero-order valence-corrected chi connectivity index (χ0v) is 15.3. The average molecular weight is 416 g/mol. The van der Waals surface area contributed by atoms with Crippen LogP contribution in [-0.2, 0) is 9.53 Å². The van der Waals surface area contributed by atoms with Crippen molar-refractivity contribution in [1.29, 1.82) is 0 Å². The fourth-order valence-corrected chi connectivity index (χ4v) is 2.58. The lowest BCUT2D eigenvalue weighted by molar-refractivity contribution is -0.119. The lowest BCUT2D eigenvalue weighted by Crippen LogP contribution is -2.23. The Kier molecular flexibility index (Phi) is 5.18. The molecule has 0 aliphatic rings. The highest BCUT2D eigenvalue weighted by Crippen LogP contribution is 2.20. The van der Waals surface area contributed by atoms with Gasteiger partial charge < -0.3 is 14.5 Å². The minimum Gasteiger partial charge on any atom is -0.452 e. The molecule has 0 fully saturated rings. The molecule has 6 nitrogen and oxygen atoms in total. The largest absolute Gasteiger partial charge is 0.452 e. The maximum absolute atomic E-state index is 12.1. The van der Waals surface area contributed by atoms with Gasteiger partial charge in [-0.25, -0.2) is 9.59 Å². The summed E-state index contributed by atoms with van der Waals surface area (Å²) in [6.45, 7) is 1.37. The van der Waals surface area contributed by atoms with Gasteiger partial charge in [0.15, 0.2) is 6.61 Å². The van der Waals surface area contributed by atoms with Crippen LogP contribution in [0.5, 0.6) is 0 Å². The number of carbonyl (C=O) groups excluding carboxylic acids is 2. The Morgan fingerprint density at radius 2 is 1.92 bits per heavy atom. The molecule has 1 heterocycles. The van der Waals surface area contributed by atoms with Gasteiger partial charge in [0.2, 0.25) is 0 Å². The topological polar surface area (TPSA) is 85.6 Å². The molecule has 0 saturated heterocycles. The number of nitrogens with one attached hydrogen (secondary N) is 1. The SMILES string of the molecule is Cc1cc(NC(=O)COC(=O)c2cc3ccccc3oc2=O)ccc1Br. The van der Waals surface area contributed by atoms with Gasteiger partial charge in [0.1, 0.15) is 11.1 Å². The van der Waals surface area contributed by atoms with Gasteiger partial charge in [-0.05, 0) is 42.8 Å². The number of aryl methyl sites for hydroxylation is 1. The van der Waals surface area contributed by atoms with Gasteiger partial charge in [-0.1, -0.05) is 34.1 Å². The first kappa shape index (κ1) is 17.9. The van der Waals surface area contributed by atoms with E-state index >= 15 is 0 Å². The Hall–Kier alpha value is -2.93. The number of amides is 1. The molecule has 2 aromatic carbocycles. The van der Waals surface area contributed by atoms with Crippen molar-refractivity contribution in [3.05, 3.63) is 74.6 Å². The van der Waals surface area contributed by atoms with Crippen LogP contribution in [0.3, 0.4) is 0 Å². The third kappa shape index (κ3) is 4.00. The van der Waals surface area contributed by atoms with Crippen molar-refractivity contribution in [3.8, 4) is 0 Å². The smallest absolute Gasteiger partial charge is 0.351 e. The molecule has 0 atom stereocenters. The summed E-state index contributed by atoms with van der Waals surface area (Å²) in [5.74, 6) is -1.42. The van der Waals surface area contributed by atoms with Crippen LogP contribution >= 0.6 is 15.9 Å². The maximum Gasteiger partial charge on any atom is 0.351 e. The van der Waals surface area contributed by atoms with E-state index in [-0.39, 0.29) is 5.56 Å².